The predicted octanol–water partition coefficient (Wildman–Crippen LogP) is 1.92. The third-order valence-corrected chi connectivity index (χ3v) is 4.45. The number of hydrogen-bond acceptors (Lipinski definition) is 4. The highest BCUT2D eigenvalue weighted by Gasteiger charge is 2.26. The topological polar surface area (TPSA) is 79.5 Å². The van der Waals surface area contributed by atoms with E-state index in [0.717, 1.165) is 19.3 Å². The first kappa shape index (κ1) is 14.0. The lowest BCUT2D eigenvalue weighted by Crippen LogP contribution is -2.33. The molecule has 2 N–H and O–H groups in total. The first-order chi connectivity index (χ1) is 9.10. The van der Waals surface area contributed by atoms with Gasteiger partial charge in [0.15, 0.2) is 0 Å². The van der Waals surface area contributed by atoms with E-state index in [1.54, 1.807) is 0 Å². The van der Waals surface area contributed by atoms with Crippen LogP contribution in [0.25, 0.3) is 0 Å². The molecule has 6 heteroatoms. The molecule has 1 aliphatic carbocycles. The fourth-order valence-electron chi connectivity index (χ4n) is 2.37. The molecular formula is C13H17NO4S. The number of nitrogens with one attached hydrogen (secondary N) is 1. The van der Waals surface area contributed by atoms with Crippen molar-refractivity contribution in [1.29, 1.82) is 0 Å². The molecule has 1 aliphatic rings. The second-order valence-electron chi connectivity index (χ2n) is 4.67. The average molecular weight is 283 g/mol. The maximum Gasteiger partial charge on any atom is 0.311 e. The Bertz CT molecular complexity index is 471. The number of carboxylic acids is 1. The van der Waals surface area contributed by atoms with E-state index in [-0.39, 0.29) is 24.1 Å². The fraction of sp³-hybridized carbons (Fsp3) is 0.538. The van der Waals surface area contributed by atoms with Gasteiger partial charge in [0, 0.05) is 11.3 Å². The minimum absolute atomic E-state index is 0.178. The van der Waals surface area contributed by atoms with E-state index in [1.807, 2.05) is 11.8 Å². The van der Waals surface area contributed by atoms with Gasteiger partial charge in [-0.3, -0.25) is 9.59 Å². The zero-order valence-electron chi connectivity index (χ0n) is 10.7. The SMILES string of the molecule is CSC1CCC(NC(=O)c2ccoc2CC(=O)O)C1. The minimum atomic E-state index is -1.01. The Morgan fingerprint density at radius 2 is 2.32 bits per heavy atom. The number of thioether (sulfide) groups is 1. The van der Waals surface area contributed by atoms with Gasteiger partial charge in [0.2, 0.25) is 0 Å². The van der Waals surface area contributed by atoms with Crippen molar-refractivity contribution in [3.8, 4) is 0 Å². The molecular weight excluding hydrogens is 266 g/mol. The maximum absolute atomic E-state index is 12.1. The fourth-order valence-corrected chi connectivity index (χ4v) is 3.16. The van der Waals surface area contributed by atoms with Crippen molar-refractivity contribution in [1.82, 2.24) is 5.32 Å². The Hall–Kier alpha value is -1.43. The summed E-state index contributed by atoms with van der Waals surface area (Å²) in [6.07, 6.45) is 6.22. The summed E-state index contributed by atoms with van der Waals surface area (Å²) in [7, 11) is 0. The lowest BCUT2D eigenvalue weighted by Gasteiger charge is -2.12. The Morgan fingerprint density at radius 3 is 2.95 bits per heavy atom. The van der Waals surface area contributed by atoms with Gasteiger partial charge in [-0.05, 0) is 31.6 Å². The molecule has 0 saturated heterocycles. The zero-order chi connectivity index (χ0) is 13.8. The lowest BCUT2D eigenvalue weighted by atomic mass is 10.1. The predicted molar refractivity (Wildman–Crippen MR) is 72.5 cm³/mol. The van der Waals surface area contributed by atoms with Crippen LogP contribution in [0.2, 0.25) is 0 Å². The standard InChI is InChI=1S/C13H17NO4S/c1-19-9-3-2-8(6-9)14-13(17)10-4-5-18-11(10)7-12(15)16/h4-5,8-9H,2-3,6-7H2,1H3,(H,14,17)(H,15,16). The first-order valence-electron chi connectivity index (χ1n) is 6.22. The number of furan rings is 1. The second kappa shape index (κ2) is 6.14. The Kier molecular flexibility index (Phi) is 4.52. The molecule has 1 amide bonds. The van der Waals surface area contributed by atoms with Crippen molar-refractivity contribution >= 4 is 23.6 Å². The second-order valence-corrected chi connectivity index (χ2v) is 5.81. The van der Waals surface area contributed by atoms with E-state index in [0.29, 0.717) is 10.8 Å². The van der Waals surface area contributed by atoms with E-state index < -0.39 is 5.97 Å². The largest absolute Gasteiger partial charge is 0.481 e. The smallest absolute Gasteiger partial charge is 0.311 e. The Morgan fingerprint density at radius 1 is 1.53 bits per heavy atom. The molecule has 19 heavy (non-hydrogen) atoms. The van der Waals surface area contributed by atoms with Crippen LogP contribution in [-0.4, -0.2) is 34.5 Å². The van der Waals surface area contributed by atoms with E-state index in [4.69, 9.17) is 9.52 Å². The summed E-state index contributed by atoms with van der Waals surface area (Å²) in [6.45, 7) is 0. The van der Waals surface area contributed by atoms with Gasteiger partial charge in [-0.2, -0.15) is 11.8 Å². The molecule has 2 atom stereocenters. The van der Waals surface area contributed by atoms with Crippen LogP contribution >= 0.6 is 11.8 Å². The lowest BCUT2D eigenvalue weighted by molar-refractivity contribution is -0.136. The Labute approximate surface area is 115 Å². The minimum Gasteiger partial charge on any atom is -0.481 e. The summed E-state index contributed by atoms with van der Waals surface area (Å²) in [5, 5.41) is 12.3. The van der Waals surface area contributed by atoms with Crippen molar-refractivity contribution in [2.24, 2.45) is 0 Å². The molecule has 104 valence electrons. The molecule has 0 aliphatic heterocycles. The molecule has 0 bridgehead atoms. The molecule has 1 aromatic heterocycles. The number of amides is 1. The third-order valence-electron chi connectivity index (χ3n) is 3.35. The number of rotatable bonds is 5. The number of carboxylic acid groups (broad SMARTS) is 1. The van der Waals surface area contributed by atoms with Crippen LogP contribution in [0.15, 0.2) is 16.7 Å². The van der Waals surface area contributed by atoms with Crippen LogP contribution in [-0.2, 0) is 11.2 Å². The summed E-state index contributed by atoms with van der Waals surface area (Å²) in [5.74, 6) is -1.03. The monoisotopic (exact) mass is 283 g/mol. The number of carbonyl (C=O) groups is 2. The first-order valence-corrected chi connectivity index (χ1v) is 7.50. The van der Waals surface area contributed by atoms with Gasteiger partial charge in [-0.1, -0.05) is 0 Å². The molecule has 2 rings (SSSR count). The molecule has 0 aromatic carbocycles. The van der Waals surface area contributed by atoms with Crippen LogP contribution in [0.3, 0.4) is 0 Å². The van der Waals surface area contributed by atoms with Gasteiger partial charge in [-0.25, -0.2) is 0 Å². The molecule has 1 saturated carbocycles. The van der Waals surface area contributed by atoms with Crippen molar-refractivity contribution in [2.75, 3.05) is 6.26 Å². The summed E-state index contributed by atoms with van der Waals surface area (Å²) in [6, 6.07) is 1.70. The van der Waals surface area contributed by atoms with Gasteiger partial charge in [0.1, 0.15) is 12.2 Å². The summed E-state index contributed by atoms with van der Waals surface area (Å²) < 4.78 is 5.06. The van der Waals surface area contributed by atoms with Crippen LogP contribution in [0, 0.1) is 0 Å². The van der Waals surface area contributed by atoms with Gasteiger partial charge in [0.05, 0.1) is 11.8 Å². The van der Waals surface area contributed by atoms with E-state index in [9.17, 15) is 9.59 Å². The number of carbonyl (C=O) groups excluding carboxylic acids is 1. The molecule has 0 radical (unpaired) electrons. The van der Waals surface area contributed by atoms with Crippen molar-refractivity contribution in [2.45, 2.75) is 37.0 Å². The van der Waals surface area contributed by atoms with Gasteiger partial charge >= 0.3 is 5.97 Å². The highest BCUT2D eigenvalue weighted by molar-refractivity contribution is 7.99. The molecule has 2 unspecified atom stereocenters. The highest BCUT2D eigenvalue weighted by Crippen LogP contribution is 2.28. The van der Waals surface area contributed by atoms with E-state index in [1.165, 1.54) is 12.3 Å². The number of hydrogen-bond donors (Lipinski definition) is 2. The van der Waals surface area contributed by atoms with Crippen LogP contribution in [0.4, 0.5) is 0 Å². The van der Waals surface area contributed by atoms with E-state index >= 15 is 0 Å². The molecule has 1 heterocycles. The molecule has 5 nitrogen and oxygen atoms in total. The maximum atomic E-state index is 12.1. The van der Waals surface area contributed by atoms with Gasteiger partial charge < -0.3 is 14.8 Å². The molecule has 0 spiro atoms. The average Bonchev–Trinajstić information content (AvgIpc) is 2.97. The number of aliphatic carboxylic acids is 1. The van der Waals surface area contributed by atoms with Crippen molar-refractivity contribution < 1.29 is 19.1 Å². The highest BCUT2D eigenvalue weighted by atomic mass is 32.2. The van der Waals surface area contributed by atoms with Crippen LogP contribution < -0.4 is 5.32 Å². The van der Waals surface area contributed by atoms with Crippen LogP contribution in [0.1, 0.15) is 35.4 Å². The van der Waals surface area contributed by atoms with Crippen molar-refractivity contribution in [3.63, 3.8) is 0 Å². The normalized spacial score (nSPS) is 22.4. The quantitative estimate of drug-likeness (QED) is 0.863. The summed E-state index contributed by atoms with van der Waals surface area (Å²) in [4.78, 5) is 22.8. The third kappa shape index (κ3) is 3.53. The summed E-state index contributed by atoms with van der Waals surface area (Å²) >= 11 is 1.82. The van der Waals surface area contributed by atoms with Crippen molar-refractivity contribution in [3.05, 3.63) is 23.7 Å². The van der Waals surface area contributed by atoms with Gasteiger partial charge in [0.25, 0.3) is 5.91 Å². The molecule has 1 fully saturated rings. The summed E-state index contributed by atoms with van der Waals surface area (Å²) in [5.41, 5.74) is 0.329. The molecule has 1 aromatic rings. The zero-order valence-corrected chi connectivity index (χ0v) is 11.5. The van der Waals surface area contributed by atoms with Gasteiger partial charge in [-0.15, -0.1) is 0 Å². The van der Waals surface area contributed by atoms with Crippen LogP contribution in [0.5, 0.6) is 0 Å². The Balaban J connectivity index is 1.97. The van der Waals surface area contributed by atoms with E-state index in [2.05, 4.69) is 11.6 Å².